The molecular weight excluding hydrogens is 228 g/mol. The van der Waals surface area contributed by atoms with E-state index in [0.29, 0.717) is 6.42 Å². The van der Waals surface area contributed by atoms with Gasteiger partial charge in [0, 0.05) is 11.1 Å². The molecule has 1 N–H and O–H groups in total. The molecule has 0 aromatic heterocycles. The van der Waals surface area contributed by atoms with Crippen molar-refractivity contribution in [3.8, 4) is 0 Å². The molecule has 13 heavy (non-hydrogen) atoms. The van der Waals surface area contributed by atoms with Crippen molar-refractivity contribution >= 4 is 15.9 Å². The molecule has 1 aromatic carbocycles. The lowest BCUT2D eigenvalue weighted by molar-refractivity contribution is 0.298. The SMILES string of the molecule is C=C(CCO)Cc1cccc(Br)c1. The van der Waals surface area contributed by atoms with Gasteiger partial charge in [-0.3, -0.25) is 0 Å². The molecule has 0 aliphatic rings. The van der Waals surface area contributed by atoms with Gasteiger partial charge in [0.1, 0.15) is 0 Å². The molecule has 0 fully saturated rings. The highest BCUT2D eigenvalue weighted by atomic mass is 79.9. The van der Waals surface area contributed by atoms with Crippen molar-refractivity contribution in [3.63, 3.8) is 0 Å². The largest absolute Gasteiger partial charge is 0.396 e. The summed E-state index contributed by atoms with van der Waals surface area (Å²) < 4.78 is 1.08. The summed E-state index contributed by atoms with van der Waals surface area (Å²) in [6, 6.07) is 8.14. The molecular formula is C11H13BrO. The maximum Gasteiger partial charge on any atom is 0.0468 e. The Balaban J connectivity index is 2.58. The first-order chi connectivity index (χ1) is 6.22. The molecule has 0 saturated carbocycles. The van der Waals surface area contributed by atoms with E-state index in [1.165, 1.54) is 5.56 Å². The van der Waals surface area contributed by atoms with Crippen LogP contribution in [0.3, 0.4) is 0 Å². The third-order valence-electron chi connectivity index (χ3n) is 1.81. The maximum absolute atomic E-state index is 8.70. The Hall–Kier alpha value is -0.600. The van der Waals surface area contributed by atoms with Gasteiger partial charge in [0.25, 0.3) is 0 Å². The summed E-state index contributed by atoms with van der Waals surface area (Å²) in [5, 5.41) is 8.70. The molecule has 0 aliphatic heterocycles. The number of halogens is 1. The summed E-state index contributed by atoms with van der Waals surface area (Å²) >= 11 is 3.41. The number of aliphatic hydroxyl groups excluding tert-OH is 1. The van der Waals surface area contributed by atoms with Crippen molar-refractivity contribution in [1.29, 1.82) is 0 Å². The van der Waals surface area contributed by atoms with E-state index in [2.05, 4.69) is 34.6 Å². The fourth-order valence-electron chi connectivity index (χ4n) is 1.18. The van der Waals surface area contributed by atoms with Crippen molar-refractivity contribution in [3.05, 3.63) is 46.5 Å². The van der Waals surface area contributed by atoms with Crippen molar-refractivity contribution < 1.29 is 5.11 Å². The smallest absolute Gasteiger partial charge is 0.0468 e. The van der Waals surface area contributed by atoms with Crippen LogP contribution in [0.4, 0.5) is 0 Å². The van der Waals surface area contributed by atoms with Crippen molar-refractivity contribution in [2.24, 2.45) is 0 Å². The third kappa shape index (κ3) is 3.75. The van der Waals surface area contributed by atoms with Gasteiger partial charge < -0.3 is 5.11 Å². The van der Waals surface area contributed by atoms with Crippen LogP contribution in [-0.2, 0) is 6.42 Å². The molecule has 0 atom stereocenters. The molecule has 1 rings (SSSR count). The average Bonchev–Trinajstić information content (AvgIpc) is 2.04. The van der Waals surface area contributed by atoms with Gasteiger partial charge in [-0.2, -0.15) is 0 Å². The van der Waals surface area contributed by atoms with Gasteiger partial charge in [-0.1, -0.05) is 40.2 Å². The van der Waals surface area contributed by atoms with Crippen molar-refractivity contribution in [2.45, 2.75) is 12.8 Å². The van der Waals surface area contributed by atoms with Crippen LogP contribution in [0.5, 0.6) is 0 Å². The summed E-state index contributed by atoms with van der Waals surface area (Å²) in [6.07, 6.45) is 1.53. The van der Waals surface area contributed by atoms with E-state index in [9.17, 15) is 0 Å². The zero-order valence-electron chi connectivity index (χ0n) is 7.46. The molecule has 1 nitrogen and oxygen atoms in total. The quantitative estimate of drug-likeness (QED) is 0.803. The molecule has 0 bridgehead atoms. The molecule has 0 saturated heterocycles. The Bertz CT molecular complexity index is 294. The minimum atomic E-state index is 0.187. The summed E-state index contributed by atoms with van der Waals surface area (Å²) in [5.74, 6) is 0. The van der Waals surface area contributed by atoms with Crippen LogP contribution >= 0.6 is 15.9 Å². The maximum atomic E-state index is 8.70. The third-order valence-corrected chi connectivity index (χ3v) is 2.30. The van der Waals surface area contributed by atoms with E-state index in [4.69, 9.17) is 5.11 Å². The second-order valence-corrected chi connectivity index (χ2v) is 3.95. The second-order valence-electron chi connectivity index (χ2n) is 3.03. The first-order valence-corrected chi connectivity index (χ1v) is 5.03. The molecule has 0 radical (unpaired) electrons. The van der Waals surface area contributed by atoms with Crippen LogP contribution in [0.1, 0.15) is 12.0 Å². The van der Waals surface area contributed by atoms with Crippen molar-refractivity contribution in [1.82, 2.24) is 0 Å². The highest BCUT2D eigenvalue weighted by Crippen LogP contribution is 2.15. The molecule has 2 heteroatoms. The molecule has 0 heterocycles. The molecule has 0 unspecified atom stereocenters. The normalized spacial score (nSPS) is 10.0. The van der Waals surface area contributed by atoms with Gasteiger partial charge in [-0.15, -0.1) is 0 Å². The van der Waals surface area contributed by atoms with E-state index in [-0.39, 0.29) is 6.61 Å². The van der Waals surface area contributed by atoms with E-state index in [1.54, 1.807) is 0 Å². The summed E-state index contributed by atoms with van der Waals surface area (Å²) in [7, 11) is 0. The minimum Gasteiger partial charge on any atom is -0.396 e. The molecule has 1 aromatic rings. The highest BCUT2D eigenvalue weighted by Gasteiger charge is 1.97. The molecule has 0 aliphatic carbocycles. The lowest BCUT2D eigenvalue weighted by atomic mass is 10.0. The average molecular weight is 241 g/mol. The van der Waals surface area contributed by atoms with Crippen LogP contribution in [0.25, 0.3) is 0 Å². The van der Waals surface area contributed by atoms with Crippen LogP contribution in [0.15, 0.2) is 40.9 Å². The molecule has 70 valence electrons. The van der Waals surface area contributed by atoms with Gasteiger partial charge in [0.2, 0.25) is 0 Å². The van der Waals surface area contributed by atoms with Crippen LogP contribution < -0.4 is 0 Å². The monoisotopic (exact) mass is 240 g/mol. The molecule has 0 amide bonds. The number of rotatable bonds is 4. The lowest BCUT2D eigenvalue weighted by Crippen LogP contribution is -1.92. The van der Waals surface area contributed by atoms with Gasteiger partial charge in [-0.25, -0.2) is 0 Å². The minimum absolute atomic E-state index is 0.187. The Kier molecular flexibility index (Phi) is 4.19. The van der Waals surface area contributed by atoms with Crippen molar-refractivity contribution in [2.75, 3.05) is 6.61 Å². The highest BCUT2D eigenvalue weighted by molar-refractivity contribution is 9.10. The summed E-state index contributed by atoms with van der Waals surface area (Å²) in [5.41, 5.74) is 2.30. The second kappa shape index (κ2) is 5.20. The zero-order chi connectivity index (χ0) is 9.68. The lowest BCUT2D eigenvalue weighted by Gasteiger charge is -2.03. The van der Waals surface area contributed by atoms with E-state index < -0.39 is 0 Å². The van der Waals surface area contributed by atoms with E-state index in [0.717, 1.165) is 16.5 Å². The van der Waals surface area contributed by atoms with Gasteiger partial charge in [0.15, 0.2) is 0 Å². The van der Waals surface area contributed by atoms with Gasteiger partial charge in [-0.05, 0) is 30.5 Å². The Morgan fingerprint density at radius 1 is 1.46 bits per heavy atom. The summed E-state index contributed by atoms with van der Waals surface area (Å²) in [6.45, 7) is 4.08. The fraction of sp³-hybridized carbons (Fsp3) is 0.273. The number of hydrogen-bond donors (Lipinski definition) is 1. The Morgan fingerprint density at radius 2 is 2.23 bits per heavy atom. The van der Waals surface area contributed by atoms with Gasteiger partial charge >= 0.3 is 0 Å². The number of hydrogen-bond acceptors (Lipinski definition) is 1. The van der Waals surface area contributed by atoms with Crippen LogP contribution in [0, 0.1) is 0 Å². The van der Waals surface area contributed by atoms with E-state index >= 15 is 0 Å². The summed E-state index contributed by atoms with van der Waals surface area (Å²) in [4.78, 5) is 0. The fourth-order valence-corrected chi connectivity index (χ4v) is 1.63. The van der Waals surface area contributed by atoms with Gasteiger partial charge in [0.05, 0.1) is 0 Å². The van der Waals surface area contributed by atoms with Crippen LogP contribution in [0.2, 0.25) is 0 Å². The predicted molar refractivity (Wildman–Crippen MR) is 58.7 cm³/mol. The first kappa shape index (κ1) is 10.5. The first-order valence-electron chi connectivity index (χ1n) is 4.24. The standard InChI is InChI=1S/C11H13BrO/c1-9(5-6-13)7-10-3-2-4-11(12)8-10/h2-4,8,13H,1,5-7H2. The topological polar surface area (TPSA) is 20.2 Å². The Morgan fingerprint density at radius 3 is 2.85 bits per heavy atom. The predicted octanol–water partition coefficient (Wildman–Crippen LogP) is 2.93. The van der Waals surface area contributed by atoms with Crippen LogP contribution in [-0.4, -0.2) is 11.7 Å². The zero-order valence-corrected chi connectivity index (χ0v) is 9.05. The molecule has 0 spiro atoms. The number of benzene rings is 1. The number of aliphatic hydroxyl groups is 1. The van der Waals surface area contributed by atoms with E-state index in [1.807, 2.05) is 12.1 Å². The Labute approximate surface area is 87.2 Å².